The zero-order valence-electron chi connectivity index (χ0n) is 14.9. The third-order valence-corrected chi connectivity index (χ3v) is 4.40. The summed E-state index contributed by atoms with van der Waals surface area (Å²) in [4.78, 5) is 47.3. The minimum atomic E-state index is -1.32. The highest BCUT2D eigenvalue weighted by Gasteiger charge is 2.41. The molecule has 2 atom stereocenters. The number of carboxylic acids is 3. The maximum atomic E-state index is 12.1. The van der Waals surface area contributed by atoms with Gasteiger partial charge in [0.25, 0.3) is 0 Å². The fourth-order valence-corrected chi connectivity index (χ4v) is 2.89. The van der Waals surface area contributed by atoms with Crippen LogP contribution in [0.4, 0.5) is 0 Å². The minimum Gasteiger partial charge on any atom is -0.481 e. The number of hydrogen-bond donors (Lipinski definition) is 4. The molecular weight excluding hydrogens is 332 g/mol. The molecule has 0 aromatic heterocycles. The number of nitrogens with zero attached hydrogens (tertiary/aromatic N) is 1. The summed E-state index contributed by atoms with van der Waals surface area (Å²) in [5.41, 5.74) is -1.19. The van der Waals surface area contributed by atoms with E-state index >= 15 is 0 Å². The summed E-state index contributed by atoms with van der Waals surface area (Å²) in [6.07, 6.45) is -0.432. The molecule has 0 heterocycles. The lowest BCUT2D eigenvalue weighted by molar-refractivity contribution is -0.153. The molecule has 0 aliphatic carbocycles. The number of rotatable bonds is 13. The van der Waals surface area contributed by atoms with E-state index < -0.39 is 35.4 Å². The van der Waals surface area contributed by atoms with Gasteiger partial charge in [-0.05, 0) is 32.4 Å². The number of hydrogen-bond acceptors (Lipinski definition) is 5. The van der Waals surface area contributed by atoms with Crippen molar-refractivity contribution in [1.29, 1.82) is 0 Å². The van der Waals surface area contributed by atoms with Crippen LogP contribution in [0.2, 0.25) is 0 Å². The van der Waals surface area contributed by atoms with Crippen molar-refractivity contribution >= 4 is 23.8 Å². The van der Waals surface area contributed by atoms with Gasteiger partial charge in [-0.2, -0.15) is 0 Å². The van der Waals surface area contributed by atoms with E-state index in [0.717, 1.165) is 0 Å². The zero-order valence-corrected chi connectivity index (χ0v) is 14.9. The lowest BCUT2D eigenvalue weighted by atomic mass is 9.88. The van der Waals surface area contributed by atoms with E-state index in [1.165, 1.54) is 0 Å². The average Bonchev–Trinajstić information content (AvgIpc) is 2.54. The predicted molar refractivity (Wildman–Crippen MR) is 89.2 cm³/mol. The molecule has 25 heavy (non-hydrogen) atoms. The second-order valence-electron chi connectivity index (χ2n) is 5.75. The van der Waals surface area contributed by atoms with Gasteiger partial charge < -0.3 is 20.6 Å². The molecule has 0 bridgehead atoms. The van der Waals surface area contributed by atoms with Crippen LogP contribution in [0.1, 0.15) is 52.9 Å². The van der Waals surface area contributed by atoms with Crippen molar-refractivity contribution in [3.63, 3.8) is 0 Å². The van der Waals surface area contributed by atoms with E-state index in [4.69, 9.17) is 10.2 Å². The first kappa shape index (κ1) is 22.8. The van der Waals surface area contributed by atoms with Crippen LogP contribution >= 0.6 is 0 Å². The summed E-state index contributed by atoms with van der Waals surface area (Å²) in [5.74, 6) is -4.10. The molecule has 0 unspecified atom stereocenters. The van der Waals surface area contributed by atoms with Crippen molar-refractivity contribution < 1.29 is 34.5 Å². The second kappa shape index (κ2) is 10.7. The van der Waals surface area contributed by atoms with Crippen molar-refractivity contribution in [3.8, 4) is 0 Å². The van der Waals surface area contributed by atoms with E-state index in [1.807, 2.05) is 13.8 Å². The molecule has 4 N–H and O–H groups in total. The molecule has 0 radical (unpaired) electrons. The van der Waals surface area contributed by atoms with Crippen LogP contribution < -0.4 is 5.32 Å². The van der Waals surface area contributed by atoms with Crippen LogP contribution in [0.3, 0.4) is 0 Å². The van der Waals surface area contributed by atoms with Gasteiger partial charge in [0.05, 0.1) is 0 Å². The first-order valence-electron chi connectivity index (χ1n) is 8.36. The van der Waals surface area contributed by atoms with Gasteiger partial charge in [0, 0.05) is 12.8 Å². The third-order valence-electron chi connectivity index (χ3n) is 4.40. The van der Waals surface area contributed by atoms with Crippen LogP contribution in [0.5, 0.6) is 0 Å². The standard InChI is InChI=1S/C16H28N2O7/c1-4-16(15(24)25,18(5-2)6-3)10-9-12(19)17-11(14(22)23)7-8-13(20)21/h11H,4-10H2,1-3H3,(H,17,19)(H,20,21)(H,22,23)(H,24,25)/t11-,16-/m0/s1. The fraction of sp³-hybridized carbons (Fsp3) is 0.750. The molecule has 0 aromatic carbocycles. The normalized spacial score (nSPS) is 14.6. The number of carbonyl (C=O) groups excluding carboxylic acids is 1. The topological polar surface area (TPSA) is 144 Å². The summed E-state index contributed by atoms with van der Waals surface area (Å²) in [6.45, 7) is 6.42. The molecule has 0 aromatic rings. The number of nitrogens with one attached hydrogen (secondary N) is 1. The first-order valence-corrected chi connectivity index (χ1v) is 8.36. The SMILES string of the molecule is CCN(CC)[C@@](CC)(CCC(=O)N[C@@H](CCC(=O)O)C(=O)O)C(=O)O. The van der Waals surface area contributed by atoms with Crippen molar-refractivity contribution in [1.82, 2.24) is 10.2 Å². The van der Waals surface area contributed by atoms with Gasteiger partial charge in [0.1, 0.15) is 11.6 Å². The molecule has 0 rings (SSSR count). The number of carboxylic acid groups (broad SMARTS) is 3. The maximum absolute atomic E-state index is 12.1. The van der Waals surface area contributed by atoms with Gasteiger partial charge in [-0.1, -0.05) is 20.8 Å². The van der Waals surface area contributed by atoms with Gasteiger partial charge in [-0.3, -0.25) is 19.3 Å². The lowest BCUT2D eigenvalue weighted by Crippen LogP contribution is -2.55. The van der Waals surface area contributed by atoms with Gasteiger partial charge in [0.2, 0.25) is 5.91 Å². The van der Waals surface area contributed by atoms with Crippen LogP contribution in [0.15, 0.2) is 0 Å². The summed E-state index contributed by atoms with van der Waals surface area (Å²) < 4.78 is 0. The Morgan fingerprint density at radius 1 is 1.00 bits per heavy atom. The monoisotopic (exact) mass is 360 g/mol. The van der Waals surface area contributed by atoms with Crippen molar-refractivity contribution in [2.75, 3.05) is 13.1 Å². The highest BCUT2D eigenvalue weighted by molar-refractivity contribution is 5.85. The molecule has 9 nitrogen and oxygen atoms in total. The Balaban J connectivity index is 4.98. The predicted octanol–water partition coefficient (Wildman–Crippen LogP) is 0.776. The smallest absolute Gasteiger partial charge is 0.326 e. The van der Waals surface area contributed by atoms with Gasteiger partial charge in [0.15, 0.2) is 0 Å². The molecule has 0 fully saturated rings. The average molecular weight is 360 g/mol. The summed E-state index contributed by atoms with van der Waals surface area (Å²) in [6, 6.07) is -1.31. The number of amides is 1. The summed E-state index contributed by atoms with van der Waals surface area (Å²) in [5, 5.41) is 29.6. The largest absolute Gasteiger partial charge is 0.481 e. The number of carbonyl (C=O) groups is 4. The van der Waals surface area contributed by atoms with Crippen molar-refractivity contribution in [3.05, 3.63) is 0 Å². The van der Waals surface area contributed by atoms with Gasteiger partial charge >= 0.3 is 17.9 Å². The Bertz CT molecular complexity index is 491. The van der Waals surface area contributed by atoms with E-state index in [-0.39, 0.29) is 25.7 Å². The van der Waals surface area contributed by atoms with Gasteiger partial charge in [-0.25, -0.2) is 4.79 Å². The Hall–Kier alpha value is -2.16. The van der Waals surface area contributed by atoms with Crippen molar-refractivity contribution in [2.45, 2.75) is 64.5 Å². The van der Waals surface area contributed by atoms with E-state index in [2.05, 4.69) is 5.32 Å². The highest BCUT2D eigenvalue weighted by Crippen LogP contribution is 2.26. The van der Waals surface area contributed by atoms with Crippen LogP contribution in [0.25, 0.3) is 0 Å². The zero-order chi connectivity index (χ0) is 19.6. The molecule has 0 saturated heterocycles. The first-order chi connectivity index (χ1) is 11.6. The molecule has 0 aliphatic rings. The highest BCUT2D eigenvalue weighted by atomic mass is 16.4. The Labute approximate surface area is 147 Å². The maximum Gasteiger partial charge on any atom is 0.326 e. The molecule has 0 saturated carbocycles. The van der Waals surface area contributed by atoms with Crippen LogP contribution in [-0.4, -0.2) is 68.7 Å². The molecule has 1 amide bonds. The van der Waals surface area contributed by atoms with E-state index in [1.54, 1.807) is 11.8 Å². The van der Waals surface area contributed by atoms with Crippen LogP contribution in [-0.2, 0) is 19.2 Å². The Morgan fingerprint density at radius 2 is 1.56 bits per heavy atom. The second-order valence-corrected chi connectivity index (χ2v) is 5.75. The lowest BCUT2D eigenvalue weighted by Gasteiger charge is -2.39. The molecule has 144 valence electrons. The molecule has 0 spiro atoms. The number of likely N-dealkylation sites (N-methyl/N-ethyl adjacent to an activating group) is 1. The van der Waals surface area contributed by atoms with Gasteiger partial charge in [-0.15, -0.1) is 0 Å². The Morgan fingerprint density at radius 3 is 1.92 bits per heavy atom. The quantitative estimate of drug-likeness (QED) is 0.377. The summed E-state index contributed by atoms with van der Waals surface area (Å²) >= 11 is 0. The fourth-order valence-electron chi connectivity index (χ4n) is 2.89. The third kappa shape index (κ3) is 6.69. The van der Waals surface area contributed by atoms with Crippen LogP contribution in [0, 0.1) is 0 Å². The van der Waals surface area contributed by atoms with E-state index in [0.29, 0.717) is 19.5 Å². The molecule has 0 aliphatic heterocycles. The van der Waals surface area contributed by atoms with Crippen molar-refractivity contribution in [2.24, 2.45) is 0 Å². The van der Waals surface area contributed by atoms with E-state index in [9.17, 15) is 24.3 Å². The minimum absolute atomic E-state index is 0.0393. The summed E-state index contributed by atoms with van der Waals surface area (Å²) in [7, 11) is 0. The number of aliphatic carboxylic acids is 3. The Kier molecular flexibility index (Phi) is 9.73. The molecular formula is C16H28N2O7. The molecule has 9 heteroatoms.